The number of halogens is 2. The van der Waals surface area contributed by atoms with Crippen LogP contribution in [-0.4, -0.2) is 18.0 Å². The maximum absolute atomic E-state index is 13.2. The summed E-state index contributed by atoms with van der Waals surface area (Å²) in [7, 11) is 1.65. The second-order valence-electron chi connectivity index (χ2n) is 3.42. The maximum Gasteiger partial charge on any atom is 0.130 e. The summed E-state index contributed by atoms with van der Waals surface area (Å²) in [5.41, 5.74) is 0.00194. The highest BCUT2D eigenvalue weighted by Gasteiger charge is 2.14. The predicted octanol–water partition coefficient (Wildman–Crippen LogP) is 2.31. The van der Waals surface area contributed by atoms with Crippen LogP contribution in [0.15, 0.2) is 18.2 Å². The second-order valence-corrected chi connectivity index (χ2v) is 3.42. The monoisotopic (exact) mass is 210 g/mol. The summed E-state index contributed by atoms with van der Waals surface area (Å²) in [6.45, 7) is 1.77. The van der Waals surface area contributed by atoms with Crippen molar-refractivity contribution in [1.29, 1.82) is 5.26 Å². The van der Waals surface area contributed by atoms with Crippen LogP contribution in [0.1, 0.15) is 12.5 Å². The number of benzene rings is 1. The minimum absolute atomic E-state index is 0.00194. The zero-order valence-electron chi connectivity index (χ0n) is 8.67. The Kier molecular flexibility index (Phi) is 3.75. The van der Waals surface area contributed by atoms with Crippen molar-refractivity contribution >= 4 is 0 Å². The van der Waals surface area contributed by atoms with Crippen molar-refractivity contribution in [2.75, 3.05) is 7.05 Å². The molecule has 0 saturated heterocycles. The van der Waals surface area contributed by atoms with Gasteiger partial charge in [-0.05, 0) is 26.1 Å². The number of hydrogen-bond acceptors (Lipinski definition) is 2. The van der Waals surface area contributed by atoms with Crippen LogP contribution in [0.2, 0.25) is 0 Å². The van der Waals surface area contributed by atoms with E-state index in [1.54, 1.807) is 18.9 Å². The van der Waals surface area contributed by atoms with Gasteiger partial charge in [0, 0.05) is 12.1 Å². The molecule has 15 heavy (non-hydrogen) atoms. The minimum atomic E-state index is -0.577. The maximum atomic E-state index is 13.2. The lowest BCUT2D eigenvalue weighted by atomic mass is 10.1. The van der Waals surface area contributed by atoms with Gasteiger partial charge in [0.15, 0.2) is 0 Å². The van der Waals surface area contributed by atoms with Crippen LogP contribution in [0.5, 0.6) is 0 Å². The van der Waals surface area contributed by atoms with Gasteiger partial charge in [-0.15, -0.1) is 0 Å². The molecule has 0 saturated carbocycles. The molecule has 0 aromatic heterocycles. The van der Waals surface area contributed by atoms with Crippen LogP contribution in [0, 0.1) is 23.0 Å². The van der Waals surface area contributed by atoms with E-state index < -0.39 is 11.6 Å². The van der Waals surface area contributed by atoms with Gasteiger partial charge in [-0.25, -0.2) is 8.78 Å². The molecule has 1 aromatic carbocycles. The molecule has 0 aliphatic heterocycles. The Morgan fingerprint density at radius 3 is 2.40 bits per heavy atom. The Hall–Kier alpha value is -1.47. The fourth-order valence-electron chi connectivity index (χ4n) is 1.17. The standard InChI is InChI=1S/C11H12F2N2/c1-8(6-14)15(2)7-9-10(12)4-3-5-11(9)13/h3-5,8H,7H2,1-2H3. The number of nitriles is 1. The highest BCUT2D eigenvalue weighted by Crippen LogP contribution is 2.14. The third-order valence-corrected chi connectivity index (χ3v) is 2.32. The first kappa shape index (κ1) is 11.6. The molecule has 1 atom stereocenters. The molecule has 1 rings (SSSR count). The fraction of sp³-hybridized carbons (Fsp3) is 0.364. The van der Waals surface area contributed by atoms with Gasteiger partial charge in [-0.1, -0.05) is 6.07 Å². The van der Waals surface area contributed by atoms with Gasteiger partial charge in [0.2, 0.25) is 0 Å². The number of hydrogen-bond donors (Lipinski definition) is 0. The number of rotatable bonds is 3. The highest BCUT2D eigenvalue weighted by atomic mass is 19.1. The van der Waals surface area contributed by atoms with Crippen molar-refractivity contribution in [1.82, 2.24) is 4.90 Å². The van der Waals surface area contributed by atoms with Gasteiger partial charge < -0.3 is 0 Å². The van der Waals surface area contributed by atoms with E-state index in [1.807, 2.05) is 6.07 Å². The third-order valence-electron chi connectivity index (χ3n) is 2.32. The van der Waals surface area contributed by atoms with Gasteiger partial charge in [0.05, 0.1) is 12.1 Å². The number of nitrogens with zero attached hydrogens (tertiary/aromatic N) is 2. The summed E-state index contributed by atoms with van der Waals surface area (Å²) in [5.74, 6) is -1.15. The predicted molar refractivity (Wildman–Crippen MR) is 52.9 cm³/mol. The lowest BCUT2D eigenvalue weighted by Crippen LogP contribution is -2.27. The molecule has 0 aliphatic carbocycles. The molecule has 2 nitrogen and oxygen atoms in total. The molecular formula is C11H12F2N2. The van der Waals surface area contributed by atoms with E-state index in [4.69, 9.17) is 5.26 Å². The Balaban J connectivity index is 2.86. The molecule has 0 radical (unpaired) electrons. The lowest BCUT2D eigenvalue weighted by Gasteiger charge is -2.19. The normalized spacial score (nSPS) is 12.5. The zero-order chi connectivity index (χ0) is 11.4. The van der Waals surface area contributed by atoms with E-state index in [9.17, 15) is 8.78 Å². The van der Waals surface area contributed by atoms with Crippen molar-refractivity contribution < 1.29 is 8.78 Å². The van der Waals surface area contributed by atoms with Crippen molar-refractivity contribution in [2.24, 2.45) is 0 Å². The van der Waals surface area contributed by atoms with Crippen LogP contribution < -0.4 is 0 Å². The SMILES string of the molecule is CC(C#N)N(C)Cc1c(F)cccc1F. The van der Waals surface area contributed by atoms with E-state index in [-0.39, 0.29) is 18.2 Å². The fourth-order valence-corrected chi connectivity index (χ4v) is 1.17. The molecular weight excluding hydrogens is 198 g/mol. The van der Waals surface area contributed by atoms with Crippen LogP contribution in [-0.2, 0) is 6.54 Å². The molecule has 1 aromatic rings. The summed E-state index contributed by atoms with van der Waals surface area (Å²) < 4.78 is 26.5. The average molecular weight is 210 g/mol. The Bertz CT molecular complexity index is 364. The van der Waals surface area contributed by atoms with Crippen LogP contribution in [0.3, 0.4) is 0 Å². The first-order chi connectivity index (χ1) is 7.06. The van der Waals surface area contributed by atoms with E-state index in [1.165, 1.54) is 18.2 Å². The molecule has 0 N–H and O–H groups in total. The summed E-state index contributed by atoms with van der Waals surface area (Å²) in [5, 5.41) is 8.64. The van der Waals surface area contributed by atoms with Gasteiger partial charge in [0.1, 0.15) is 11.6 Å². The van der Waals surface area contributed by atoms with Crippen molar-refractivity contribution in [3.63, 3.8) is 0 Å². The second kappa shape index (κ2) is 4.85. The molecule has 0 bridgehead atoms. The quantitative estimate of drug-likeness (QED) is 0.765. The summed E-state index contributed by atoms with van der Waals surface area (Å²) in [4.78, 5) is 1.58. The highest BCUT2D eigenvalue weighted by molar-refractivity contribution is 5.19. The summed E-state index contributed by atoms with van der Waals surface area (Å²) in [6.07, 6.45) is 0. The third kappa shape index (κ3) is 2.74. The smallest absolute Gasteiger partial charge is 0.130 e. The average Bonchev–Trinajstić information content (AvgIpc) is 2.22. The molecule has 1 unspecified atom stereocenters. The molecule has 4 heteroatoms. The van der Waals surface area contributed by atoms with Crippen LogP contribution in [0.25, 0.3) is 0 Å². The Labute approximate surface area is 87.7 Å². The van der Waals surface area contributed by atoms with Gasteiger partial charge in [-0.2, -0.15) is 5.26 Å². The first-order valence-electron chi connectivity index (χ1n) is 4.59. The van der Waals surface area contributed by atoms with Gasteiger partial charge >= 0.3 is 0 Å². The van der Waals surface area contributed by atoms with E-state index in [0.29, 0.717) is 0 Å². The Morgan fingerprint density at radius 1 is 1.40 bits per heavy atom. The molecule has 0 amide bonds. The van der Waals surface area contributed by atoms with E-state index in [2.05, 4.69) is 0 Å². The van der Waals surface area contributed by atoms with Gasteiger partial charge in [-0.3, -0.25) is 4.90 Å². The van der Waals surface area contributed by atoms with Crippen molar-refractivity contribution in [2.45, 2.75) is 19.5 Å². The lowest BCUT2D eigenvalue weighted by molar-refractivity contribution is 0.284. The molecule has 0 heterocycles. The minimum Gasteiger partial charge on any atom is -0.287 e. The summed E-state index contributed by atoms with van der Waals surface area (Å²) in [6, 6.07) is 5.38. The van der Waals surface area contributed by atoms with E-state index in [0.717, 1.165) is 0 Å². The molecule has 0 spiro atoms. The zero-order valence-corrected chi connectivity index (χ0v) is 8.67. The topological polar surface area (TPSA) is 27.0 Å². The van der Waals surface area contributed by atoms with E-state index >= 15 is 0 Å². The largest absolute Gasteiger partial charge is 0.287 e. The summed E-state index contributed by atoms with van der Waals surface area (Å²) >= 11 is 0. The molecule has 80 valence electrons. The Morgan fingerprint density at radius 2 is 1.93 bits per heavy atom. The van der Waals surface area contributed by atoms with Crippen molar-refractivity contribution in [3.05, 3.63) is 35.4 Å². The van der Waals surface area contributed by atoms with Crippen LogP contribution in [0.4, 0.5) is 8.78 Å². The van der Waals surface area contributed by atoms with Crippen LogP contribution >= 0.6 is 0 Å². The molecule has 0 aliphatic rings. The molecule has 0 fully saturated rings. The van der Waals surface area contributed by atoms with Gasteiger partial charge in [0.25, 0.3) is 0 Å². The van der Waals surface area contributed by atoms with Crippen molar-refractivity contribution in [3.8, 4) is 6.07 Å². The first-order valence-corrected chi connectivity index (χ1v) is 4.59.